The van der Waals surface area contributed by atoms with Gasteiger partial charge in [-0.05, 0) is 84.9 Å². The Hall–Kier alpha value is -1.17. The number of allylic oxidation sites excluding steroid dienone is 1. The number of carbonyl (C=O) groups is 1. The maximum atomic E-state index is 14.3. The molecule has 0 N–H and O–H groups in total. The number of carbonyl (C=O) groups excluding carboxylic acids is 1. The highest BCUT2D eigenvalue weighted by Gasteiger charge is 2.71. The van der Waals surface area contributed by atoms with Crippen molar-refractivity contribution in [1.29, 1.82) is 0 Å². The summed E-state index contributed by atoms with van der Waals surface area (Å²) in [5.74, 6) is 1.79. The molecule has 5 nitrogen and oxygen atoms in total. The van der Waals surface area contributed by atoms with E-state index in [-0.39, 0.29) is 51.2 Å². The molecule has 1 aliphatic heterocycles. The van der Waals surface area contributed by atoms with Crippen molar-refractivity contribution >= 4 is 5.97 Å². The Morgan fingerprint density at radius 1 is 1.12 bits per heavy atom. The molecule has 0 aromatic carbocycles. The van der Waals surface area contributed by atoms with Crippen molar-refractivity contribution in [2.45, 2.75) is 119 Å². The molecule has 1 heterocycles. The lowest BCUT2D eigenvalue weighted by molar-refractivity contribution is -0.265. The van der Waals surface area contributed by atoms with Crippen LogP contribution in [0, 0.1) is 56.7 Å². The zero-order chi connectivity index (χ0) is 31.4. The molecule has 4 fully saturated rings. The van der Waals surface area contributed by atoms with Crippen LogP contribution >= 0.6 is 0 Å². The Bertz CT molecular complexity index is 1080. The molecule has 244 valence electrons. The van der Waals surface area contributed by atoms with E-state index in [9.17, 15) is 4.79 Å². The van der Waals surface area contributed by atoms with Crippen LogP contribution in [0.2, 0.25) is 0 Å². The molecular weight excluding hydrogens is 536 g/mol. The molecule has 0 radical (unpaired) electrons. The first-order chi connectivity index (χ1) is 20.3. The third-order valence-electron chi connectivity index (χ3n) is 14.5. The first-order valence-corrected chi connectivity index (χ1v) is 17.5. The van der Waals surface area contributed by atoms with Gasteiger partial charge in [0.1, 0.15) is 0 Å². The highest BCUT2D eigenvalue weighted by atomic mass is 16.5. The highest BCUT2D eigenvalue weighted by molar-refractivity contribution is 5.75. The van der Waals surface area contributed by atoms with E-state index in [4.69, 9.17) is 18.9 Å². The quantitative estimate of drug-likeness (QED) is 0.144. The lowest BCUT2D eigenvalue weighted by atomic mass is 9.34. The van der Waals surface area contributed by atoms with E-state index in [1.165, 1.54) is 12.8 Å². The van der Waals surface area contributed by atoms with Gasteiger partial charge in [0.15, 0.2) is 0 Å². The maximum absolute atomic E-state index is 14.3. The predicted molar refractivity (Wildman–Crippen MR) is 173 cm³/mol. The molecule has 2 bridgehead atoms. The van der Waals surface area contributed by atoms with Gasteiger partial charge in [-0.15, -0.1) is 6.58 Å². The number of hydrogen-bond donors (Lipinski definition) is 0. The Labute approximate surface area is 262 Å². The van der Waals surface area contributed by atoms with Crippen LogP contribution in [0.15, 0.2) is 24.3 Å². The summed E-state index contributed by atoms with van der Waals surface area (Å²) >= 11 is 0. The zero-order valence-corrected chi connectivity index (χ0v) is 28.9. The van der Waals surface area contributed by atoms with E-state index in [2.05, 4.69) is 68.0 Å². The number of ether oxygens (including phenoxy) is 4. The van der Waals surface area contributed by atoms with Crippen molar-refractivity contribution in [3.05, 3.63) is 24.3 Å². The van der Waals surface area contributed by atoms with Crippen LogP contribution in [0.4, 0.5) is 0 Å². The summed E-state index contributed by atoms with van der Waals surface area (Å²) in [6.45, 7) is 25.5. The normalized spacial score (nSPS) is 46.2. The van der Waals surface area contributed by atoms with Gasteiger partial charge < -0.3 is 18.9 Å². The summed E-state index contributed by atoms with van der Waals surface area (Å²) in [7, 11) is 1.85. The van der Waals surface area contributed by atoms with E-state index >= 15 is 0 Å². The van der Waals surface area contributed by atoms with E-state index in [1.807, 2.05) is 13.2 Å². The van der Waals surface area contributed by atoms with Crippen LogP contribution in [0.3, 0.4) is 0 Å². The van der Waals surface area contributed by atoms with Crippen LogP contribution in [0.5, 0.6) is 0 Å². The molecule has 5 aliphatic rings. The van der Waals surface area contributed by atoms with Crippen LogP contribution in [0.1, 0.15) is 107 Å². The van der Waals surface area contributed by atoms with Gasteiger partial charge in [0.2, 0.25) is 0 Å². The second kappa shape index (κ2) is 11.9. The summed E-state index contributed by atoms with van der Waals surface area (Å²) in [5, 5.41) is 0. The fraction of sp³-hybridized carbons (Fsp3) is 0.868. The summed E-state index contributed by atoms with van der Waals surface area (Å²) < 4.78 is 25.5. The molecule has 0 spiro atoms. The van der Waals surface area contributed by atoms with E-state index in [0.717, 1.165) is 45.1 Å². The summed E-state index contributed by atoms with van der Waals surface area (Å²) in [4.78, 5) is 14.3. The minimum absolute atomic E-state index is 0.00800. The lowest BCUT2D eigenvalue weighted by Crippen LogP contribution is -2.70. The number of methoxy groups -OCH3 is 1. The van der Waals surface area contributed by atoms with E-state index in [0.29, 0.717) is 43.5 Å². The van der Waals surface area contributed by atoms with Gasteiger partial charge in [0, 0.05) is 17.9 Å². The molecule has 11 atom stereocenters. The summed E-state index contributed by atoms with van der Waals surface area (Å²) in [6, 6.07) is 0. The second-order valence-corrected chi connectivity index (χ2v) is 16.5. The van der Waals surface area contributed by atoms with Crippen molar-refractivity contribution in [1.82, 2.24) is 0 Å². The zero-order valence-electron chi connectivity index (χ0n) is 28.9. The van der Waals surface area contributed by atoms with Crippen molar-refractivity contribution in [3.63, 3.8) is 0 Å². The van der Waals surface area contributed by atoms with Gasteiger partial charge in [-0.2, -0.15) is 0 Å². The maximum Gasteiger partial charge on any atom is 0.310 e. The number of fused-ring (bicyclic) bond motifs is 3. The van der Waals surface area contributed by atoms with Crippen molar-refractivity contribution < 1.29 is 23.7 Å². The molecule has 3 saturated carbocycles. The van der Waals surface area contributed by atoms with E-state index in [1.54, 1.807) is 5.57 Å². The Balaban J connectivity index is 1.58. The van der Waals surface area contributed by atoms with Gasteiger partial charge >= 0.3 is 5.97 Å². The van der Waals surface area contributed by atoms with Crippen LogP contribution in [0.25, 0.3) is 0 Å². The van der Waals surface area contributed by atoms with Crippen molar-refractivity contribution in [2.75, 3.05) is 33.5 Å². The third kappa shape index (κ3) is 4.75. The largest absolute Gasteiger partial charge is 0.465 e. The van der Waals surface area contributed by atoms with Gasteiger partial charge in [-0.3, -0.25) is 4.79 Å². The number of rotatable bonds is 10. The Morgan fingerprint density at radius 2 is 1.86 bits per heavy atom. The number of hydrogen-bond acceptors (Lipinski definition) is 5. The predicted octanol–water partition coefficient (Wildman–Crippen LogP) is 8.42. The van der Waals surface area contributed by atoms with Crippen molar-refractivity contribution in [2.24, 2.45) is 56.7 Å². The first-order valence-electron chi connectivity index (χ1n) is 17.5. The van der Waals surface area contributed by atoms with E-state index < -0.39 is 0 Å². The van der Waals surface area contributed by atoms with Crippen LogP contribution in [-0.2, 0) is 23.7 Å². The standard InChI is InChI=1S/C38H62O5/c1-11-13-21-43-33(39)31-34(6,26(5)25(3)4)18-19-36(8)27-14-15-30-35(7)23-41-24-38(30,28(27)16-17-37(31,36)9)22-29(40-10)32(35)42-20-12-2/h12,16,25-27,29-32H,2,11,13-15,17-24H2,1,3-10H3/t26-,27+,29-,30+,31-,32+,34-,35+,36-,37+,38+/m1/s1. The van der Waals surface area contributed by atoms with Crippen LogP contribution in [-0.4, -0.2) is 51.7 Å². The SMILES string of the molecule is C=CCO[C@H]1[C@H](OC)C[C@@]23COC[C@@]1(C)[C@@H]2CC[C@H]1C3=CC[C@@]2(C)[C@H](C(=O)OCCCC)[C@@](C)([C@H](C)C(C)C)CC[C@]12C. The fourth-order valence-corrected chi connectivity index (χ4v) is 11.6. The molecule has 0 aromatic rings. The molecular formula is C38H62O5. The van der Waals surface area contributed by atoms with Gasteiger partial charge in [-0.25, -0.2) is 0 Å². The van der Waals surface area contributed by atoms with Crippen molar-refractivity contribution in [3.8, 4) is 0 Å². The average molecular weight is 599 g/mol. The minimum Gasteiger partial charge on any atom is -0.465 e. The average Bonchev–Trinajstić information content (AvgIpc) is 2.96. The second-order valence-electron chi connectivity index (χ2n) is 16.5. The fourth-order valence-electron chi connectivity index (χ4n) is 11.6. The molecule has 5 rings (SSSR count). The number of esters is 1. The Kier molecular flexibility index (Phi) is 9.18. The molecule has 43 heavy (non-hydrogen) atoms. The van der Waals surface area contributed by atoms with Gasteiger partial charge in [-0.1, -0.05) is 79.5 Å². The summed E-state index contributed by atoms with van der Waals surface area (Å²) in [6.07, 6.45) is 12.8. The topological polar surface area (TPSA) is 54.0 Å². The lowest BCUT2D eigenvalue weighted by Gasteiger charge is -2.71. The minimum atomic E-state index is -0.173. The summed E-state index contributed by atoms with van der Waals surface area (Å²) in [5.41, 5.74) is 1.19. The molecule has 0 aromatic heterocycles. The third-order valence-corrected chi connectivity index (χ3v) is 14.5. The van der Waals surface area contributed by atoms with Crippen LogP contribution < -0.4 is 0 Å². The molecule has 0 amide bonds. The molecule has 1 saturated heterocycles. The van der Waals surface area contributed by atoms with Gasteiger partial charge in [0.05, 0.1) is 44.6 Å². The Morgan fingerprint density at radius 3 is 2.51 bits per heavy atom. The highest BCUT2D eigenvalue weighted by Crippen LogP contribution is 2.75. The molecule has 5 heteroatoms. The smallest absolute Gasteiger partial charge is 0.310 e. The molecule has 0 unspecified atom stereocenters. The molecule has 4 aliphatic carbocycles. The van der Waals surface area contributed by atoms with Gasteiger partial charge in [0.25, 0.3) is 0 Å². The first kappa shape index (κ1) is 33.2. The number of unbranched alkanes of at least 4 members (excludes halogenated alkanes) is 1. The monoisotopic (exact) mass is 598 g/mol.